The Kier molecular flexibility index (Phi) is 6.57. The molecule has 7 heteroatoms. The van der Waals surface area contributed by atoms with Crippen molar-refractivity contribution in [3.8, 4) is 5.75 Å². The molecule has 2 aliphatic heterocycles. The second-order valence-corrected chi connectivity index (χ2v) is 10.0. The van der Waals surface area contributed by atoms with E-state index < -0.39 is 5.79 Å². The van der Waals surface area contributed by atoms with Gasteiger partial charge in [0.05, 0.1) is 25.2 Å². The topological polar surface area (TPSA) is 80.3 Å². The van der Waals surface area contributed by atoms with E-state index in [4.69, 9.17) is 23.7 Å². The summed E-state index contributed by atoms with van der Waals surface area (Å²) in [5.41, 5.74) is 0.512. The molecule has 37 heavy (non-hydrogen) atoms. The predicted molar refractivity (Wildman–Crippen MR) is 135 cm³/mol. The summed E-state index contributed by atoms with van der Waals surface area (Å²) in [5, 5.41) is 2.26. The van der Waals surface area contributed by atoms with Crippen molar-refractivity contribution in [2.75, 3.05) is 19.8 Å². The number of fused-ring (bicyclic) bond motifs is 2. The maximum absolute atomic E-state index is 12.8. The Labute approximate surface area is 215 Å². The number of rotatable bonds is 8. The molecule has 4 atom stereocenters. The Morgan fingerprint density at radius 3 is 2.51 bits per heavy atom. The SMILES string of the molecule is O=C1C[C@@H]2[C@@H](CCC3(COc4ccc5ccccc5c4)OCCO3)[C@H](OC(=O)c3ccccc3)C[C@@H]2O1. The van der Waals surface area contributed by atoms with Crippen molar-refractivity contribution in [2.24, 2.45) is 11.8 Å². The van der Waals surface area contributed by atoms with Crippen LogP contribution in [0.4, 0.5) is 0 Å². The van der Waals surface area contributed by atoms with Crippen molar-refractivity contribution in [3.05, 3.63) is 78.4 Å². The molecule has 3 aromatic carbocycles. The maximum atomic E-state index is 12.8. The fourth-order valence-corrected chi connectivity index (χ4v) is 5.91. The lowest BCUT2D eigenvalue weighted by molar-refractivity contribution is -0.185. The third-order valence-electron chi connectivity index (χ3n) is 7.77. The second kappa shape index (κ2) is 10.1. The molecule has 192 valence electrons. The number of esters is 2. The summed E-state index contributed by atoms with van der Waals surface area (Å²) in [6.45, 7) is 1.23. The summed E-state index contributed by atoms with van der Waals surface area (Å²) in [6.07, 6.45) is 1.52. The van der Waals surface area contributed by atoms with Gasteiger partial charge < -0.3 is 23.7 Å². The highest BCUT2D eigenvalue weighted by Gasteiger charge is 2.52. The highest BCUT2D eigenvalue weighted by molar-refractivity contribution is 5.89. The van der Waals surface area contributed by atoms with Crippen molar-refractivity contribution in [1.82, 2.24) is 0 Å². The van der Waals surface area contributed by atoms with Gasteiger partial charge in [0.15, 0.2) is 0 Å². The smallest absolute Gasteiger partial charge is 0.338 e. The van der Waals surface area contributed by atoms with E-state index in [1.165, 1.54) is 0 Å². The first-order valence-corrected chi connectivity index (χ1v) is 12.9. The number of hydrogen-bond donors (Lipinski definition) is 0. The molecule has 0 radical (unpaired) electrons. The number of ether oxygens (including phenoxy) is 5. The number of hydrogen-bond acceptors (Lipinski definition) is 7. The average molecular weight is 503 g/mol. The van der Waals surface area contributed by atoms with E-state index in [1.807, 2.05) is 48.5 Å². The maximum Gasteiger partial charge on any atom is 0.338 e. The quantitative estimate of drug-likeness (QED) is 0.405. The van der Waals surface area contributed by atoms with Crippen molar-refractivity contribution in [2.45, 2.75) is 43.7 Å². The van der Waals surface area contributed by atoms with Crippen molar-refractivity contribution < 1.29 is 33.3 Å². The van der Waals surface area contributed by atoms with Gasteiger partial charge in [0.1, 0.15) is 24.6 Å². The first kappa shape index (κ1) is 23.9. The third-order valence-corrected chi connectivity index (χ3v) is 7.77. The Morgan fingerprint density at radius 2 is 1.70 bits per heavy atom. The van der Waals surface area contributed by atoms with Gasteiger partial charge in [-0.1, -0.05) is 48.5 Å². The molecule has 0 N–H and O–H groups in total. The molecule has 0 unspecified atom stereocenters. The Morgan fingerprint density at radius 1 is 0.946 bits per heavy atom. The zero-order chi connectivity index (χ0) is 25.2. The standard InChI is InChI=1S/C30H30O7/c31-28-17-25-24(26(18-27(25)36-28)37-29(32)21-7-2-1-3-8-21)12-13-30(34-14-15-35-30)19-33-23-11-10-20-6-4-5-9-22(20)16-23/h1-11,16,24-27H,12-15,17-19H2/t24-,25-,26-,27+/m1/s1. The van der Waals surface area contributed by atoms with Gasteiger partial charge in [0.2, 0.25) is 5.79 Å². The molecule has 0 bridgehead atoms. The van der Waals surface area contributed by atoms with Gasteiger partial charge in [0.25, 0.3) is 0 Å². The van der Waals surface area contributed by atoms with Crippen molar-refractivity contribution >= 4 is 22.7 Å². The van der Waals surface area contributed by atoms with Gasteiger partial charge in [-0.15, -0.1) is 0 Å². The molecule has 2 heterocycles. The zero-order valence-corrected chi connectivity index (χ0v) is 20.5. The monoisotopic (exact) mass is 502 g/mol. The normalized spacial score (nSPS) is 26.1. The van der Waals surface area contributed by atoms with E-state index in [1.54, 1.807) is 12.1 Å². The lowest BCUT2D eigenvalue weighted by Crippen LogP contribution is -2.39. The summed E-state index contributed by atoms with van der Waals surface area (Å²) < 4.78 is 29.8. The predicted octanol–water partition coefficient (Wildman–Crippen LogP) is 4.92. The molecule has 6 rings (SSSR count). The summed E-state index contributed by atoms with van der Waals surface area (Å²) in [7, 11) is 0. The lowest BCUT2D eigenvalue weighted by atomic mass is 9.86. The Bertz CT molecular complexity index is 1270. The van der Waals surface area contributed by atoms with Gasteiger partial charge in [0, 0.05) is 24.7 Å². The molecule has 2 saturated heterocycles. The molecule has 3 aromatic rings. The molecular formula is C30H30O7. The van der Waals surface area contributed by atoms with Crippen LogP contribution in [0, 0.1) is 11.8 Å². The van der Waals surface area contributed by atoms with Gasteiger partial charge in [-0.2, -0.15) is 0 Å². The van der Waals surface area contributed by atoms with E-state index in [9.17, 15) is 9.59 Å². The van der Waals surface area contributed by atoms with Crippen LogP contribution in [-0.2, 0) is 23.7 Å². The molecule has 7 nitrogen and oxygen atoms in total. The number of carbonyl (C=O) groups is 2. The number of benzene rings is 3. The zero-order valence-electron chi connectivity index (χ0n) is 20.5. The van der Waals surface area contributed by atoms with Crippen LogP contribution in [0.2, 0.25) is 0 Å². The summed E-state index contributed by atoms with van der Waals surface area (Å²) in [4.78, 5) is 24.8. The van der Waals surface area contributed by atoms with Crippen LogP contribution in [0.5, 0.6) is 5.75 Å². The van der Waals surface area contributed by atoms with Crippen molar-refractivity contribution in [1.29, 1.82) is 0 Å². The van der Waals surface area contributed by atoms with Gasteiger partial charge in [-0.25, -0.2) is 4.79 Å². The van der Waals surface area contributed by atoms with Crippen LogP contribution < -0.4 is 4.74 Å². The van der Waals surface area contributed by atoms with Crippen LogP contribution in [0.15, 0.2) is 72.8 Å². The molecule has 1 saturated carbocycles. The van der Waals surface area contributed by atoms with Crippen LogP contribution in [-0.4, -0.2) is 49.8 Å². The summed E-state index contributed by atoms with van der Waals surface area (Å²) >= 11 is 0. The van der Waals surface area contributed by atoms with Crippen LogP contribution in [0.1, 0.15) is 36.0 Å². The van der Waals surface area contributed by atoms with E-state index in [0.717, 1.165) is 16.5 Å². The minimum Gasteiger partial charge on any atom is -0.488 e. The summed E-state index contributed by atoms with van der Waals surface area (Å²) in [6, 6.07) is 23.1. The first-order chi connectivity index (χ1) is 18.1. The van der Waals surface area contributed by atoms with Gasteiger partial charge in [-0.05, 0) is 41.5 Å². The molecule has 1 aliphatic carbocycles. The average Bonchev–Trinajstić information content (AvgIpc) is 3.62. The molecule has 3 fully saturated rings. The van der Waals surface area contributed by atoms with Gasteiger partial charge in [-0.3, -0.25) is 4.79 Å². The van der Waals surface area contributed by atoms with E-state index >= 15 is 0 Å². The minimum atomic E-state index is -0.888. The van der Waals surface area contributed by atoms with Gasteiger partial charge >= 0.3 is 11.9 Å². The Balaban J connectivity index is 1.14. The number of carbonyl (C=O) groups excluding carboxylic acids is 2. The summed E-state index contributed by atoms with van der Waals surface area (Å²) in [5.74, 6) is -0.695. The Hall–Kier alpha value is -3.42. The largest absolute Gasteiger partial charge is 0.488 e. The van der Waals surface area contributed by atoms with Crippen LogP contribution in [0.3, 0.4) is 0 Å². The lowest BCUT2D eigenvalue weighted by Gasteiger charge is -2.30. The highest BCUT2D eigenvalue weighted by Crippen LogP contribution is 2.46. The fourth-order valence-electron chi connectivity index (χ4n) is 5.91. The van der Waals surface area contributed by atoms with Crippen molar-refractivity contribution in [3.63, 3.8) is 0 Å². The minimum absolute atomic E-state index is 0.0148. The van der Waals surface area contributed by atoms with E-state index in [0.29, 0.717) is 44.5 Å². The van der Waals surface area contributed by atoms with Crippen LogP contribution >= 0.6 is 0 Å². The van der Waals surface area contributed by atoms with E-state index in [2.05, 4.69) is 12.1 Å². The molecular weight excluding hydrogens is 472 g/mol. The van der Waals surface area contributed by atoms with Crippen LogP contribution in [0.25, 0.3) is 10.8 Å². The molecule has 0 amide bonds. The molecule has 0 aromatic heterocycles. The third kappa shape index (κ3) is 5.06. The first-order valence-electron chi connectivity index (χ1n) is 12.9. The highest BCUT2D eigenvalue weighted by atomic mass is 16.8. The molecule has 3 aliphatic rings. The fraction of sp³-hybridized carbons (Fsp3) is 0.400. The second-order valence-electron chi connectivity index (χ2n) is 10.0. The van der Waals surface area contributed by atoms with E-state index in [-0.39, 0.29) is 42.6 Å². The molecule has 0 spiro atoms.